The summed E-state index contributed by atoms with van der Waals surface area (Å²) >= 11 is 5.92. The number of nitrogens with zero attached hydrogens (tertiary/aromatic N) is 2. The van der Waals surface area contributed by atoms with Gasteiger partial charge in [-0.2, -0.15) is 4.31 Å². The van der Waals surface area contributed by atoms with Gasteiger partial charge in [-0.15, -0.1) is 0 Å². The molecule has 9 heteroatoms. The molecule has 0 saturated carbocycles. The summed E-state index contributed by atoms with van der Waals surface area (Å²) in [7, 11) is -0.362. The number of carbonyl (C=O) groups excluding carboxylic acids is 2. The van der Waals surface area contributed by atoms with Crippen molar-refractivity contribution in [2.24, 2.45) is 11.7 Å². The van der Waals surface area contributed by atoms with Crippen molar-refractivity contribution in [2.45, 2.75) is 44.2 Å². The van der Waals surface area contributed by atoms with Crippen LogP contribution < -0.4 is 5.73 Å². The first-order valence-corrected chi connectivity index (χ1v) is 12.5. The first kappa shape index (κ1) is 27.0. The van der Waals surface area contributed by atoms with Gasteiger partial charge in [0.2, 0.25) is 15.9 Å². The van der Waals surface area contributed by atoms with Gasteiger partial charge >= 0.3 is 0 Å². The maximum atomic E-state index is 13.5. The molecule has 2 N–H and O–H groups in total. The number of hydrogen-bond acceptors (Lipinski definition) is 5. The number of likely N-dealkylation sites (N-methyl/N-ethyl adjacent to an activating group) is 1. The van der Waals surface area contributed by atoms with Crippen molar-refractivity contribution in [2.75, 3.05) is 20.6 Å². The van der Waals surface area contributed by atoms with Crippen LogP contribution in [0.2, 0.25) is 5.02 Å². The summed E-state index contributed by atoms with van der Waals surface area (Å²) in [5.41, 5.74) is 7.18. The zero-order valence-electron chi connectivity index (χ0n) is 19.5. The van der Waals surface area contributed by atoms with E-state index >= 15 is 0 Å². The topological polar surface area (TPSA) is 101 Å². The number of nitrogens with two attached hydrogens (primary N) is 1. The van der Waals surface area contributed by atoms with Gasteiger partial charge in [-0.1, -0.05) is 49.7 Å². The Hall–Kier alpha value is -2.26. The molecule has 7 nitrogen and oxygen atoms in total. The average molecular weight is 494 g/mol. The van der Waals surface area contributed by atoms with Crippen LogP contribution in [-0.2, 0) is 32.6 Å². The first-order valence-electron chi connectivity index (χ1n) is 10.7. The van der Waals surface area contributed by atoms with Crippen molar-refractivity contribution >= 4 is 33.3 Å². The molecule has 0 heterocycles. The minimum atomic E-state index is -4.03. The molecule has 0 radical (unpaired) electrons. The molecule has 180 valence electrons. The van der Waals surface area contributed by atoms with Crippen molar-refractivity contribution in [3.63, 3.8) is 0 Å². The minimum Gasteiger partial charge on any atom is -0.368 e. The fourth-order valence-corrected chi connectivity index (χ4v) is 5.23. The molecule has 0 aromatic heterocycles. The number of rotatable bonds is 12. The van der Waals surface area contributed by atoms with Gasteiger partial charge in [-0.25, -0.2) is 8.42 Å². The Bertz CT molecular complexity index is 1050. The lowest BCUT2D eigenvalue weighted by atomic mass is 10.0. The van der Waals surface area contributed by atoms with Crippen LogP contribution in [0.3, 0.4) is 0 Å². The summed E-state index contributed by atoms with van der Waals surface area (Å²) in [6.45, 7) is 4.13. The second-order valence-electron chi connectivity index (χ2n) is 8.82. The summed E-state index contributed by atoms with van der Waals surface area (Å²) in [6.07, 6.45) is 0.585. The van der Waals surface area contributed by atoms with Gasteiger partial charge in [0, 0.05) is 18.0 Å². The van der Waals surface area contributed by atoms with Crippen LogP contribution in [0.5, 0.6) is 0 Å². The monoisotopic (exact) mass is 493 g/mol. The van der Waals surface area contributed by atoms with E-state index in [0.29, 0.717) is 30.0 Å². The van der Waals surface area contributed by atoms with Crippen LogP contribution in [0.1, 0.15) is 31.4 Å². The van der Waals surface area contributed by atoms with Gasteiger partial charge in [0.1, 0.15) is 6.04 Å². The highest BCUT2D eigenvalue weighted by atomic mass is 35.5. The van der Waals surface area contributed by atoms with E-state index in [1.165, 1.54) is 24.3 Å². The molecule has 1 atom stereocenters. The second kappa shape index (κ2) is 11.7. The fraction of sp³-hybridized carbons (Fsp3) is 0.417. The molecule has 2 aromatic rings. The molecule has 0 spiro atoms. The highest BCUT2D eigenvalue weighted by Crippen LogP contribution is 2.25. The van der Waals surface area contributed by atoms with E-state index in [4.69, 9.17) is 17.3 Å². The van der Waals surface area contributed by atoms with E-state index in [-0.39, 0.29) is 23.1 Å². The molecule has 0 aliphatic carbocycles. The Morgan fingerprint density at radius 1 is 0.970 bits per heavy atom. The van der Waals surface area contributed by atoms with Crippen LogP contribution in [0.15, 0.2) is 53.4 Å². The number of amides is 1. The van der Waals surface area contributed by atoms with E-state index in [0.717, 1.165) is 9.87 Å². The lowest BCUT2D eigenvalue weighted by Gasteiger charge is -2.30. The number of primary amides is 1. The van der Waals surface area contributed by atoms with Crippen LogP contribution in [0.25, 0.3) is 0 Å². The zero-order chi connectivity index (χ0) is 24.8. The minimum absolute atomic E-state index is 0.0305. The van der Waals surface area contributed by atoms with Gasteiger partial charge in [0.05, 0.1) is 11.4 Å². The van der Waals surface area contributed by atoms with Crippen LogP contribution in [0.4, 0.5) is 0 Å². The van der Waals surface area contributed by atoms with Crippen LogP contribution in [-0.4, -0.2) is 56.0 Å². The van der Waals surface area contributed by atoms with Crippen molar-refractivity contribution in [1.82, 2.24) is 9.21 Å². The molecule has 33 heavy (non-hydrogen) atoms. The van der Waals surface area contributed by atoms with E-state index in [1.54, 1.807) is 24.3 Å². The predicted molar refractivity (Wildman–Crippen MR) is 130 cm³/mol. The molecule has 0 fully saturated rings. The zero-order valence-corrected chi connectivity index (χ0v) is 21.1. The fourth-order valence-electron chi connectivity index (χ4n) is 3.51. The molecule has 2 aromatic carbocycles. The largest absolute Gasteiger partial charge is 0.368 e. The molecular formula is C24H32ClN3O4S. The molecule has 0 saturated heterocycles. The second-order valence-corrected chi connectivity index (χ2v) is 11.1. The van der Waals surface area contributed by atoms with Crippen molar-refractivity contribution in [1.29, 1.82) is 0 Å². The quantitative estimate of drug-likeness (QED) is 0.489. The maximum Gasteiger partial charge on any atom is 0.244 e. The van der Waals surface area contributed by atoms with Crippen molar-refractivity contribution in [3.8, 4) is 0 Å². The number of sulfonamides is 1. The summed E-state index contributed by atoms with van der Waals surface area (Å²) < 4.78 is 28.2. The first-order chi connectivity index (χ1) is 15.4. The van der Waals surface area contributed by atoms with E-state index < -0.39 is 22.0 Å². The summed E-state index contributed by atoms with van der Waals surface area (Å²) in [5, 5.41) is 0.411. The van der Waals surface area contributed by atoms with E-state index in [9.17, 15) is 18.0 Å². The molecule has 0 unspecified atom stereocenters. The van der Waals surface area contributed by atoms with Gasteiger partial charge in [0.25, 0.3) is 0 Å². The van der Waals surface area contributed by atoms with E-state index in [2.05, 4.69) is 0 Å². The number of halogens is 1. The van der Waals surface area contributed by atoms with Gasteiger partial charge < -0.3 is 10.6 Å². The number of carbonyl (C=O) groups is 2. The van der Waals surface area contributed by atoms with Gasteiger partial charge in [0.15, 0.2) is 5.78 Å². The average Bonchev–Trinajstić information content (AvgIpc) is 2.71. The molecule has 0 aliphatic heterocycles. The Labute approximate surface area is 201 Å². The third-order valence-electron chi connectivity index (χ3n) is 5.05. The maximum absolute atomic E-state index is 13.5. The van der Waals surface area contributed by atoms with Crippen molar-refractivity contribution < 1.29 is 18.0 Å². The summed E-state index contributed by atoms with van der Waals surface area (Å²) in [5.74, 6) is -0.562. The smallest absolute Gasteiger partial charge is 0.244 e. The summed E-state index contributed by atoms with van der Waals surface area (Å²) in [4.78, 5) is 26.2. The molecular weight excluding hydrogens is 462 g/mol. The van der Waals surface area contributed by atoms with E-state index in [1.807, 2.05) is 32.8 Å². The van der Waals surface area contributed by atoms with Crippen LogP contribution >= 0.6 is 11.6 Å². The van der Waals surface area contributed by atoms with Gasteiger partial charge in [-0.05, 0) is 61.8 Å². The number of Topliss-reactive ketones (excluding diaryl/α,β-unsaturated/α-hetero) is 1. The Balaban J connectivity index is 2.37. The number of ketones is 1. The van der Waals surface area contributed by atoms with Gasteiger partial charge in [-0.3, -0.25) is 9.59 Å². The lowest BCUT2D eigenvalue weighted by molar-refractivity contribution is -0.122. The third-order valence-corrected chi connectivity index (χ3v) is 7.17. The molecule has 0 aliphatic rings. The molecule has 2 rings (SSSR count). The molecule has 1 amide bonds. The Morgan fingerprint density at radius 2 is 1.52 bits per heavy atom. The summed E-state index contributed by atoms with van der Waals surface area (Å²) in [6, 6.07) is 12.0. The number of hydrogen-bond donors (Lipinski definition) is 1. The Kier molecular flexibility index (Phi) is 9.60. The molecule has 0 bridgehead atoms. The Morgan fingerprint density at radius 3 is 2.00 bits per heavy atom. The predicted octanol–water partition coefficient (Wildman–Crippen LogP) is 3.10. The highest BCUT2D eigenvalue weighted by Gasteiger charge is 2.35. The standard InChI is InChI=1S/C24H32ClN3O4S/c1-17(2)13-23(24(26)30)28(33(31,32)22-11-9-20(25)10-12-22)15-19-7-5-18(6-8-19)14-21(29)16-27(3)4/h5-12,17,23H,13-16H2,1-4H3,(H2,26,30)/t23-/m1/s1. The SMILES string of the molecule is CC(C)C[C@H](C(N)=O)N(Cc1ccc(CC(=O)CN(C)C)cc1)S(=O)(=O)c1ccc(Cl)cc1. The highest BCUT2D eigenvalue weighted by molar-refractivity contribution is 7.89. The van der Waals surface area contributed by atoms with Crippen molar-refractivity contribution in [3.05, 3.63) is 64.7 Å². The van der Waals surface area contributed by atoms with Crippen LogP contribution in [0, 0.1) is 5.92 Å². The lowest BCUT2D eigenvalue weighted by Crippen LogP contribution is -2.48. The number of benzene rings is 2. The normalized spacial score (nSPS) is 13.0. The third kappa shape index (κ3) is 7.92.